The summed E-state index contributed by atoms with van der Waals surface area (Å²) in [5.41, 5.74) is -1.47. The second-order valence-corrected chi connectivity index (χ2v) is 6.28. The quantitative estimate of drug-likeness (QED) is 0.936. The number of rotatable bonds is 4. The lowest BCUT2D eigenvalue weighted by Gasteiger charge is -2.40. The molecule has 2 rings (SSSR count). The van der Waals surface area contributed by atoms with Crippen LogP contribution in [0.4, 0.5) is 13.2 Å². The molecule has 0 radical (unpaired) electrons. The Morgan fingerprint density at radius 1 is 1.13 bits per heavy atom. The molecule has 0 saturated carbocycles. The van der Waals surface area contributed by atoms with E-state index in [-0.39, 0.29) is 12.3 Å². The van der Waals surface area contributed by atoms with Gasteiger partial charge in [0.15, 0.2) is 0 Å². The smallest absolute Gasteiger partial charge is 0.406 e. The van der Waals surface area contributed by atoms with Gasteiger partial charge in [0.2, 0.25) is 0 Å². The minimum absolute atomic E-state index is 0.121. The number of alkyl halides is 3. The molecular weight excluding hydrogens is 311 g/mol. The summed E-state index contributed by atoms with van der Waals surface area (Å²) in [4.78, 5) is 3.83. The van der Waals surface area contributed by atoms with E-state index in [0.717, 1.165) is 0 Å². The molecule has 0 aliphatic heterocycles. The van der Waals surface area contributed by atoms with Gasteiger partial charge in [-0.05, 0) is 23.1 Å². The Kier molecular flexibility index (Phi) is 4.39. The highest BCUT2D eigenvalue weighted by Gasteiger charge is 2.42. The van der Waals surface area contributed by atoms with E-state index in [2.05, 4.69) is 14.8 Å². The first-order valence-electron chi connectivity index (χ1n) is 6.92. The van der Waals surface area contributed by atoms with Gasteiger partial charge in [0.05, 0.1) is 6.54 Å². The van der Waals surface area contributed by atoms with E-state index in [4.69, 9.17) is 0 Å². The molecule has 0 amide bonds. The molecule has 1 heterocycles. The number of halogens is 3. The van der Waals surface area contributed by atoms with Gasteiger partial charge in [-0.25, -0.2) is 9.67 Å². The average molecular weight is 329 g/mol. The van der Waals surface area contributed by atoms with Crippen LogP contribution in [0.5, 0.6) is 5.75 Å². The third-order valence-electron chi connectivity index (χ3n) is 3.66. The topological polar surface area (TPSA) is 60.2 Å². The molecule has 1 aromatic carbocycles. The summed E-state index contributed by atoms with van der Waals surface area (Å²) < 4.78 is 42.0. The molecule has 126 valence electrons. The van der Waals surface area contributed by atoms with Gasteiger partial charge < -0.3 is 9.84 Å². The van der Waals surface area contributed by atoms with Gasteiger partial charge in [-0.3, -0.25) is 0 Å². The first kappa shape index (κ1) is 17.3. The minimum Gasteiger partial charge on any atom is -0.406 e. The molecule has 0 fully saturated rings. The van der Waals surface area contributed by atoms with Crippen LogP contribution in [0.2, 0.25) is 0 Å². The lowest BCUT2D eigenvalue weighted by molar-refractivity contribution is -0.274. The number of aromatic nitrogens is 3. The fourth-order valence-electron chi connectivity index (χ4n) is 2.24. The van der Waals surface area contributed by atoms with Gasteiger partial charge in [0.1, 0.15) is 24.0 Å². The monoisotopic (exact) mass is 329 g/mol. The second kappa shape index (κ2) is 5.84. The van der Waals surface area contributed by atoms with Crippen molar-refractivity contribution in [1.82, 2.24) is 14.8 Å². The Bertz CT molecular complexity index is 633. The third-order valence-corrected chi connectivity index (χ3v) is 3.66. The predicted octanol–water partition coefficient (Wildman–Crippen LogP) is 3.11. The Morgan fingerprint density at radius 2 is 1.74 bits per heavy atom. The van der Waals surface area contributed by atoms with Crippen molar-refractivity contribution in [3.8, 4) is 5.75 Å². The lowest BCUT2D eigenvalue weighted by Crippen LogP contribution is -2.44. The summed E-state index contributed by atoms with van der Waals surface area (Å²) >= 11 is 0. The lowest BCUT2D eigenvalue weighted by atomic mass is 9.72. The Balaban J connectivity index is 2.33. The predicted molar refractivity (Wildman–Crippen MR) is 76.5 cm³/mol. The molecule has 1 unspecified atom stereocenters. The van der Waals surface area contributed by atoms with E-state index in [0.29, 0.717) is 5.56 Å². The first-order valence-corrected chi connectivity index (χ1v) is 6.92. The van der Waals surface area contributed by atoms with Gasteiger partial charge in [-0.15, -0.1) is 13.2 Å². The van der Waals surface area contributed by atoms with E-state index in [9.17, 15) is 18.3 Å². The highest BCUT2D eigenvalue weighted by Crippen LogP contribution is 2.41. The summed E-state index contributed by atoms with van der Waals surface area (Å²) in [6, 6.07) is 5.20. The van der Waals surface area contributed by atoms with Crippen molar-refractivity contribution in [2.75, 3.05) is 0 Å². The van der Waals surface area contributed by atoms with Crippen LogP contribution in [0.3, 0.4) is 0 Å². The Labute approximate surface area is 131 Å². The Hall–Kier alpha value is -2.09. The molecule has 0 aliphatic carbocycles. The van der Waals surface area contributed by atoms with Crippen LogP contribution in [0.15, 0.2) is 36.9 Å². The van der Waals surface area contributed by atoms with Gasteiger partial charge in [-0.2, -0.15) is 5.10 Å². The van der Waals surface area contributed by atoms with Crippen LogP contribution in [0.1, 0.15) is 26.3 Å². The number of hydrogen-bond donors (Lipinski definition) is 1. The van der Waals surface area contributed by atoms with E-state index >= 15 is 0 Å². The average Bonchev–Trinajstić information content (AvgIpc) is 2.89. The molecule has 8 heteroatoms. The van der Waals surface area contributed by atoms with Crippen LogP contribution in [-0.2, 0) is 12.1 Å². The van der Waals surface area contributed by atoms with Crippen molar-refractivity contribution >= 4 is 0 Å². The standard InChI is InChI=1S/C15H18F3N3O2/c1-13(2,3)14(22,8-21-10-19-9-20-21)11-4-6-12(7-5-11)23-15(16,17)18/h4-7,9-10,22H,8H2,1-3H3. The summed E-state index contributed by atoms with van der Waals surface area (Å²) in [5, 5.41) is 15.1. The van der Waals surface area contributed by atoms with Gasteiger partial charge >= 0.3 is 6.36 Å². The largest absolute Gasteiger partial charge is 0.573 e. The van der Waals surface area contributed by atoms with Crippen LogP contribution >= 0.6 is 0 Å². The molecular formula is C15H18F3N3O2. The van der Waals surface area contributed by atoms with Crippen LogP contribution in [0.25, 0.3) is 0 Å². The minimum atomic E-state index is -4.75. The molecule has 0 aliphatic rings. The molecule has 1 aromatic heterocycles. The van der Waals surface area contributed by atoms with Gasteiger partial charge in [0.25, 0.3) is 0 Å². The second-order valence-electron chi connectivity index (χ2n) is 6.28. The zero-order valence-electron chi connectivity index (χ0n) is 13.0. The molecule has 23 heavy (non-hydrogen) atoms. The van der Waals surface area contributed by atoms with Crippen LogP contribution in [0, 0.1) is 5.41 Å². The van der Waals surface area contributed by atoms with E-state index in [1.165, 1.54) is 41.6 Å². The third kappa shape index (κ3) is 4.01. The fourth-order valence-corrected chi connectivity index (χ4v) is 2.24. The SMILES string of the molecule is CC(C)(C)C(O)(Cn1cncn1)c1ccc(OC(F)(F)F)cc1. The van der Waals surface area contributed by atoms with E-state index in [1.54, 1.807) is 0 Å². The van der Waals surface area contributed by atoms with E-state index < -0.39 is 17.4 Å². The number of aliphatic hydroxyl groups is 1. The van der Waals surface area contributed by atoms with E-state index in [1.807, 2.05) is 20.8 Å². The maximum Gasteiger partial charge on any atom is 0.573 e. The zero-order chi connectivity index (χ0) is 17.3. The van der Waals surface area contributed by atoms with Crippen molar-refractivity contribution in [3.63, 3.8) is 0 Å². The summed E-state index contributed by atoms with van der Waals surface area (Å²) in [5.74, 6) is -0.335. The maximum absolute atomic E-state index is 12.2. The number of nitrogens with zero attached hydrogens (tertiary/aromatic N) is 3. The number of benzene rings is 1. The summed E-state index contributed by atoms with van der Waals surface area (Å²) in [6.07, 6.45) is -1.93. The van der Waals surface area contributed by atoms with Crippen molar-refractivity contribution in [3.05, 3.63) is 42.5 Å². The molecule has 1 N–H and O–H groups in total. The van der Waals surface area contributed by atoms with Crippen LogP contribution in [-0.4, -0.2) is 26.2 Å². The fraction of sp³-hybridized carbons (Fsp3) is 0.467. The molecule has 0 saturated heterocycles. The van der Waals surface area contributed by atoms with Crippen molar-refractivity contribution in [2.45, 2.75) is 39.3 Å². The first-order chi connectivity index (χ1) is 10.5. The Morgan fingerprint density at radius 3 is 2.17 bits per heavy atom. The zero-order valence-corrected chi connectivity index (χ0v) is 13.0. The summed E-state index contributed by atoms with van der Waals surface area (Å²) in [7, 11) is 0. The van der Waals surface area contributed by atoms with Crippen molar-refractivity contribution < 1.29 is 23.0 Å². The molecule has 0 bridgehead atoms. The molecule has 5 nitrogen and oxygen atoms in total. The molecule has 1 atom stereocenters. The van der Waals surface area contributed by atoms with Crippen LogP contribution < -0.4 is 4.74 Å². The summed E-state index contributed by atoms with van der Waals surface area (Å²) in [6.45, 7) is 5.63. The molecule has 2 aromatic rings. The highest BCUT2D eigenvalue weighted by molar-refractivity contribution is 5.32. The maximum atomic E-state index is 12.2. The van der Waals surface area contributed by atoms with Gasteiger partial charge in [-0.1, -0.05) is 32.9 Å². The van der Waals surface area contributed by atoms with Crippen molar-refractivity contribution in [2.24, 2.45) is 5.41 Å². The highest BCUT2D eigenvalue weighted by atomic mass is 19.4. The number of hydrogen-bond acceptors (Lipinski definition) is 4. The van der Waals surface area contributed by atoms with Gasteiger partial charge in [0, 0.05) is 0 Å². The van der Waals surface area contributed by atoms with Crippen molar-refractivity contribution in [1.29, 1.82) is 0 Å². The molecule has 0 spiro atoms. The normalized spacial score (nSPS) is 15.3. The number of ether oxygens (including phenoxy) is 1.